The summed E-state index contributed by atoms with van der Waals surface area (Å²) in [6, 6.07) is 6.82. The highest BCUT2D eigenvalue weighted by atomic mass is 15.3. The van der Waals surface area contributed by atoms with E-state index in [4.69, 9.17) is 0 Å². The topological polar surface area (TPSA) is 29.9 Å². The lowest BCUT2D eigenvalue weighted by Gasteiger charge is -2.20. The minimum Gasteiger partial charge on any atom is -0.309 e. The predicted octanol–water partition coefficient (Wildman–Crippen LogP) is 2.96. The zero-order valence-corrected chi connectivity index (χ0v) is 12.7. The van der Waals surface area contributed by atoms with Crippen LogP contribution in [0.15, 0.2) is 18.2 Å². The van der Waals surface area contributed by atoms with Crippen molar-refractivity contribution in [1.29, 1.82) is 0 Å². The number of aromatic nitrogens is 2. The van der Waals surface area contributed by atoms with Gasteiger partial charge in [0.05, 0.1) is 11.7 Å². The van der Waals surface area contributed by atoms with Crippen LogP contribution in [0.25, 0.3) is 0 Å². The highest BCUT2D eigenvalue weighted by Gasteiger charge is 2.21. The van der Waals surface area contributed by atoms with Crippen molar-refractivity contribution < 1.29 is 0 Å². The number of hydrogen-bond donors (Lipinski definition) is 1. The minimum atomic E-state index is 0.202. The number of rotatable bonds is 3. The molecule has 0 amide bonds. The maximum Gasteiger partial charge on any atom is 0.0647 e. The molecule has 0 fully saturated rings. The van der Waals surface area contributed by atoms with Crippen molar-refractivity contribution in [3.8, 4) is 0 Å². The molecule has 1 unspecified atom stereocenters. The number of aryl methyl sites for hydroxylation is 4. The molecule has 102 valence electrons. The first-order valence-corrected chi connectivity index (χ1v) is 6.70. The van der Waals surface area contributed by atoms with E-state index in [-0.39, 0.29) is 6.04 Å². The summed E-state index contributed by atoms with van der Waals surface area (Å²) in [6.07, 6.45) is 0. The molecule has 0 radical (unpaired) electrons. The fourth-order valence-electron chi connectivity index (χ4n) is 2.73. The molecular weight excluding hydrogens is 234 g/mol. The molecule has 0 aliphatic carbocycles. The average Bonchev–Trinajstić information content (AvgIpc) is 2.61. The van der Waals surface area contributed by atoms with E-state index < -0.39 is 0 Å². The van der Waals surface area contributed by atoms with E-state index in [2.05, 4.69) is 56.3 Å². The van der Waals surface area contributed by atoms with Crippen LogP contribution in [0.3, 0.4) is 0 Å². The molecule has 0 saturated carbocycles. The van der Waals surface area contributed by atoms with Crippen molar-refractivity contribution in [2.24, 2.45) is 7.05 Å². The first-order chi connectivity index (χ1) is 8.95. The molecule has 3 nitrogen and oxygen atoms in total. The van der Waals surface area contributed by atoms with Gasteiger partial charge in [-0.05, 0) is 45.9 Å². The van der Waals surface area contributed by atoms with Crippen LogP contribution < -0.4 is 5.32 Å². The van der Waals surface area contributed by atoms with Gasteiger partial charge in [0, 0.05) is 18.3 Å². The second-order valence-corrected chi connectivity index (χ2v) is 5.29. The standard InChI is InChI=1S/C16H23N3/c1-10-7-8-11(2)14(9-10)16(17-5)15-12(3)18-19(6)13(15)4/h7-9,16-17H,1-6H3. The Morgan fingerprint density at radius 3 is 2.37 bits per heavy atom. The van der Waals surface area contributed by atoms with Crippen LogP contribution in [0.2, 0.25) is 0 Å². The van der Waals surface area contributed by atoms with Crippen molar-refractivity contribution >= 4 is 0 Å². The van der Waals surface area contributed by atoms with Crippen molar-refractivity contribution in [2.75, 3.05) is 7.05 Å². The lowest BCUT2D eigenvalue weighted by Crippen LogP contribution is -2.20. The monoisotopic (exact) mass is 257 g/mol. The van der Waals surface area contributed by atoms with E-state index in [1.807, 2.05) is 18.8 Å². The summed E-state index contributed by atoms with van der Waals surface area (Å²) in [7, 11) is 4.01. The lowest BCUT2D eigenvalue weighted by atomic mass is 9.92. The van der Waals surface area contributed by atoms with Gasteiger partial charge in [0.2, 0.25) is 0 Å². The predicted molar refractivity (Wildman–Crippen MR) is 79.5 cm³/mol. The lowest BCUT2D eigenvalue weighted by molar-refractivity contribution is 0.674. The fraction of sp³-hybridized carbons (Fsp3) is 0.438. The van der Waals surface area contributed by atoms with E-state index in [0.29, 0.717) is 0 Å². The van der Waals surface area contributed by atoms with E-state index >= 15 is 0 Å². The van der Waals surface area contributed by atoms with Crippen LogP contribution in [0.4, 0.5) is 0 Å². The van der Waals surface area contributed by atoms with Gasteiger partial charge < -0.3 is 5.32 Å². The molecule has 1 heterocycles. The Hall–Kier alpha value is -1.61. The largest absolute Gasteiger partial charge is 0.309 e. The zero-order chi connectivity index (χ0) is 14.2. The summed E-state index contributed by atoms with van der Waals surface area (Å²) in [6.45, 7) is 8.52. The van der Waals surface area contributed by atoms with Gasteiger partial charge in [0.25, 0.3) is 0 Å². The average molecular weight is 257 g/mol. The molecule has 1 atom stereocenters. The highest BCUT2D eigenvalue weighted by molar-refractivity contribution is 5.42. The summed E-state index contributed by atoms with van der Waals surface area (Å²) in [4.78, 5) is 0. The SMILES string of the molecule is CNC(c1cc(C)ccc1C)c1c(C)nn(C)c1C. The molecule has 1 aromatic heterocycles. The Kier molecular flexibility index (Phi) is 3.76. The third-order valence-corrected chi connectivity index (χ3v) is 3.89. The summed E-state index contributed by atoms with van der Waals surface area (Å²) in [5.41, 5.74) is 7.55. The van der Waals surface area contributed by atoms with Crippen molar-refractivity contribution in [3.63, 3.8) is 0 Å². The van der Waals surface area contributed by atoms with Gasteiger partial charge in [0.1, 0.15) is 0 Å². The van der Waals surface area contributed by atoms with Crippen molar-refractivity contribution in [3.05, 3.63) is 51.8 Å². The number of hydrogen-bond acceptors (Lipinski definition) is 2. The number of nitrogens with one attached hydrogen (secondary N) is 1. The maximum atomic E-state index is 4.53. The molecule has 0 spiro atoms. The smallest absolute Gasteiger partial charge is 0.0647 e. The van der Waals surface area contributed by atoms with Gasteiger partial charge in [-0.1, -0.05) is 23.8 Å². The second kappa shape index (κ2) is 5.17. The molecule has 0 aliphatic heterocycles. The first-order valence-electron chi connectivity index (χ1n) is 6.70. The van der Waals surface area contributed by atoms with Crippen LogP contribution in [-0.4, -0.2) is 16.8 Å². The normalized spacial score (nSPS) is 12.7. The molecule has 2 aromatic rings. The molecule has 0 bridgehead atoms. The van der Waals surface area contributed by atoms with Gasteiger partial charge in [-0.15, -0.1) is 0 Å². The van der Waals surface area contributed by atoms with E-state index in [1.165, 1.54) is 27.9 Å². The van der Waals surface area contributed by atoms with E-state index in [1.54, 1.807) is 0 Å². The molecule has 0 saturated heterocycles. The Bertz CT molecular complexity index is 596. The van der Waals surface area contributed by atoms with Crippen LogP contribution >= 0.6 is 0 Å². The Labute approximate surface area is 115 Å². The van der Waals surface area contributed by atoms with Gasteiger partial charge >= 0.3 is 0 Å². The molecule has 3 heteroatoms. The summed E-state index contributed by atoms with van der Waals surface area (Å²) < 4.78 is 1.96. The summed E-state index contributed by atoms with van der Waals surface area (Å²) in [5, 5.41) is 7.98. The van der Waals surface area contributed by atoms with E-state index in [9.17, 15) is 0 Å². The number of nitrogens with zero attached hydrogens (tertiary/aromatic N) is 2. The van der Waals surface area contributed by atoms with Crippen LogP contribution in [0.1, 0.15) is 39.7 Å². The van der Waals surface area contributed by atoms with Crippen LogP contribution in [-0.2, 0) is 7.05 Å². The van der Waals surface area contributed by atoms with Gasteiger partial charge in [-0.3, -0.25) is 4.68 Å². The highest BCUT2D eigenvalue weighted by Crippen LogP contribution is 2.29. The van der Waals surface area contributed by atoms with Gasteiger partial charge in [-0.2, -0.15) is 5.10 Å². The molecule has 2 rings (SSSR count). The maximum absolute atomic E-state index is 4.53. The first kappa shape index (κ1) is 13.8. The second-order valence-electron chi connectivity index (χ2n) is 5.29. The van der Waals surface area contributed by atoms with Crippen molar-refractivity contribution in [2.45, 2.75) is 33.7 Å². The minimum absolute atomic E-state index is 0.202. The Balaban J connectivity index is 2.59. The molecule has 0 aliphatic rings. The summed E-state index contributed by atoms with van der Waals surface area (Å²) in [5.74, 6) is 0. The third kappa shape index (κ3) is 2.43. The Morgan fingerprint density at radius 1 is 1.16 bits per heavy atom. The van der Waals surface area contributed by atoms with Crippen molar-refractivity contribution in [1.82, 2.24) is 15.1 Å². The number of benzene rings is 1. The van der Waals surface area contributed by atoms with Gasteiger partial charge in [0.15, 0.2) is 0 Å². The molecule has 1 aromatic carbocycles. The van der Waals surface area contributed by atoms with Crippen LogP contribution in [0, 0.1) is 27.7 Å². The molecular formula is C16H23N3. The van der Waals surface area contributed by atoms with Crippen LogP contribution in [0.5, 0.6) is 0 Å². The third-order valence-electron chi connectivity index (χ3n) is 3.89. The summed E-state index contributed by atoms with van der Waals surface area (Å²) >= 11 is 0. The molecule has 1 N–H and O–H groups in total. The molecule has 19 heavy (non-hydrogen) atoms. The zero-order valence-electron chi connectivity index (χ0n) is 12.7. The van der Waals surface area contributed by atoms with E-state index in [0.717, 1.165) is 5.69 Å². The quantitative estimate of drug-likeness (QED) is 0.916. The van der Waals surface area contributed by atoms with Gasteiger partial charge in [-0.25, -0.2) is 0 Å². The Morgan fingerprint density at radius 2 is 1.84 bits per heavy atom. The fourth-order valence-corrected chi connectivity index (χ4v) is 2.73.